The molecular weight excluding hydrogens is 358 g/mol. The minimum atomic E-state index is -0.361. The number of rotatable bonds is 3. The summed E-state index contributed by atoms with van der Waals surface area (Å²) in [6.07, 6.45) is 8.10. The van der Waals surface area contributed by atoms with E-state index < -0.39 is 0 Å². The Hall–Kier alpha value is -1.92. The summed E-state index contributed by atoms with van der Waals surface area (Å²) in [6, 6.07) is -0.361. The topological polar surface area (TPSA) is 73.9 Å². The van der Waals surface area contributed by atoms with Gasteiger partial charge in [0.1, 0.15) is 13.4 Å². The summed E-state index contributed by atoms with van der Waals surface area (Å²) in [4.78, 5) is 23.5. The Labute approximate surface area is 167 Å². The number of allylic oxidation sites excluding steroid dienone is 3. The summed E-state index contributed by atoms with van der Waals surface area (Å²) in [5.41, 5.74) is 3.15. The minimum absolute atomic E-state index is 0. The highest BCUT2D eigenvalue weighted by atomic mass is 16.7. The largest absolute Gasteiger partial charge is 0.460 e. The van der Waals surface area contributed by atoms with Crippen LogP contribution in [0, 0.1) is 17.3 Å². The molecule has 4 rings (SSSR count). The van der Waals surface area contributed by atoms with E-state index in [2.05, 4.69) is 24.9 Å². The number of hydrogen-bond acceptors (Lipinski definition) is 5. The first kappa shape index (κ1) is 19.4. The van der Waals surface area contributed by atoms with Gasteiger partial charge in [0.2, 0.25) is 5.91 Å². The summed E-state index contributed by atoms with van der Waals surface area (Å²) in [7, 11) is 0. The Morgan fingerprint density at radius 2 is 2.32 bits per heavy atom. The SMILES string of the molecule is C=C1CC[C@H]2C(=CC[C@H]3OCOC[C@]32C)[C@@H]1C/C=C1/C(=O)OC[C@H]1NC(C)=O.[HH]. The lowest BCUT2D eigenvalue weighted by molar-refractivity contribution is -0.220. The summed E-state index contributed by atoms with van der Waals surface area (Å²) in [5, 5.41) is 2.80. The molecule has 2 heterocycles. The third kappa shape index (κ3) is 3.33. The highest BCUT2D eigenvalue weighted by Crippen LogP contribution is 2.54. The molecule has 4 aliphatic rings. The predicted molar refractivity (Wildman–Crippen MR) is 105 cm³/mol. The molecule has 2 aliphatic carbocycles. The Kier molecular flexibility index (Phi) is 5.19. The molecule has 1 saturated carbocycles. The Morgan fingerprint density at radius 3 is 3.11 bits per heavy atom. The maximum absolute atomic E-state index is 12.1. The van der Waals surface area contributed by atoms with Crippen LogP contribution in [0.2, 0.25) is 0 Å². The molecule has 0 aromatic heterocycles. The molecule has 1 N–H and O–H groups in total. The van der Waals surface area contributed by atoms with Crippen molar-refractivity contribution >= 4 is 11.9 Å². The zero-order chi connectivity index (χ0) is 19.9. The highest BCUT2D eigenvalue weighted by Gasteiger charge is 2.50. The summed E-state index contributed by atoms with van der Waals surface area (Å²) >= 11 is 0. The second kappa shape index (κ2) is 7.48. The molecule has 0 radical (unpaired) electrons. The summed E-state index contributed by atoms with van der Waals surface area (Å²) in [5.74, 6) is 0.109. The van der Waals surface area contributed by atoms with Gasteiger partial charge in [-0.05, 0) is 31.6 Å². The number of ether oxygens (including phenoxy) is 3. The fourth-order valence-electron chi connectivity index (χ4n) is 5.34. The Bertz CT molecular complexity index is 760. The number of cyclic esters (lactones) is 1. The van der Waals surface area contributed by atoms with Crippen LogP contribution >= 0.6 is 0 Å². The zero-order valence-electron chi connectivity index (χ0n) is 16.7. The second-order valence-corrected chi connectivity index (χ2v) is 8.62. The molecule has 5 atom stereocenters. The molecule has 0 unspecified atom stereocenters. The molecule has 154 valence electrons. The van der Waals surface area contributed by atoms with Gasteiger partial charge in [0.15, 0.2) is 0 Å². The van der Waals surface area contributed by atoms with Crippen LogP contribution in [0.3, 0.4) is 0 Å². The predicted octanol–water partition coefficient (Wildman–Crippen LogP) is 2.90. The maximum atomic E-state index is 12.1. The number of hydrogen-bond donors (Lipinski definition) is 1. The first-order valence-corrected chi connectivity index (χ1v) is 10.1. The normalized spacial score (nSPS) is 39.1. The van der Waals surface area contributed by atoms with Crippen LogP contribution in [0.15, 0.2) is 35.5 Å². The van der Waals surface area contributed by atoms with Gasteiger partial charge < -0.3 is 19.5 Å². The van der Waals surface area contributed by atoms with E-state index in [1.54, 1.807) is 0 Å². The lowest BCUT2D eigenvalue weighted by Gasteiger charge is -2.52. The third-order valence-corrected chi connectivity index (χ3v) is 6.86. The van der Waals surface area contributed by atoms with Crippen LogP contribution in [0.4, 0.5) is 0 Å². The molecule has 0 aromatic rings. The molecule has 1 amide bonds. The fourth-order valence-corrected chi connectivity index (χ4v) is 5.34. The van der Waals surface area contributed by atoms with Gasteiger partial charge >= 0.3 is 5.97 Å². The van der Waals surface area contributed by atoms with Gasteiger partial charge in [0.05, 0.1) is 24.3 Å². The van der Waals surface area contributed by atoms with Crippen molar-refractivity contribution in [3.8, 4) is 0 Å². The molecule has 2 aliphatic heterocycles. The van der Waals surface area contributed by atoms with E-state index in [0.717, 1.165) is 25.9 Å². The lowest BCUT2D eigenvalue weighted by Crippen LogP contribution is -2.52. The van der Waals surface area contributed by atoms with Crippen LogP contribution in [-0.2, 0) is 23.8 Å². The second-order valence-electron chi connectivity index (χ2n) is 8.62. The van der Waals surface area contributed by atoms with Crippen molar-refractivity contribution in [2.45, 2.75) is 51.7 Å². The smallest absolute Gasteiger partial charge is 0.336 e. The van der Waals surface area contributed by atoms with Crippen LogP contribution in [0.1, 0.15) is 41.0 Å². The van der Waals surface area contributed by atoms with Crippen molar-refractivity contribution < 1.29 is 25.2 Å². The van der Waals surface area contributed by atoms with Gasteiger partial charge in [0.25, 0.3) is 0 Å². The van der Waals surface area contributed by atoms with E-state index in [0.29, 0.717) is 24.7 Å². The van der Waals surface area contributed by atoms with Crippen LogP contribution < -0.4 is 5.32 Å². The third-order valence-electron chi connectivity index (χ3n) is 6.86. The van der Waals surface area contributed by atoms with Gasteiger partial charge in [-0.25, -0.2) is 4.79 Å². The number of nitrogens with one attached hydrogen (secondary N) is 1. The van der Waals surface area contributed by atoms with E-state index in [4.69, 9.17) is 14.2 Å². The monoisotopic (exact) mass is 389 g/mol. The van der Waals surface area contributed by atoms with Crippen molar-refractivity contribution in [2.24, 2.45) is 17.3 Å². The number of fused-ring (bicyclic) bond motifs is 3. The zero-order valence-corrected chi connectivity index (χ0v) is 16.7. The number of carbonyl (C=O) groups is 2. The Morgan fingerprint density at radius 1 is 1.50 bits per heavy atom. The number of amides is 1. The van der Waals surface area contributed by atoms with E-state index in [1.807, 2.05) is 6.08 Å². The van der Waals surface area contributed by atoms with Crippen LogP contribution in [-0.4, -0.2) is 44.0 Å². The molecule has 0 spiro atoms. The van der Waals surface area contributed by atoms with Gasteiger partial charge in [-0.2, -0.15) is 0 Å². The van der Waals surface area contributed by atoms with Crippen molar-refractivity contribution in [3.05, 3.63) is 35.5 Å². The van der Waals surface area contributed by atoms with Crippen molar-refractivity contribution in [3.63, 3.8) is 0 Å². The summed E-state index contributed by atoms with van der Waals surface area (Å²) < 4.78 is 16.7. The quantitative estimate of drug-likeness (QED) is 0.456. The van der Waals surface area contributed by atoms with Crippen LogP contribution in [0.25, 0.3) is 0 Å². The molecule has 6 heteroatoms. The molecule has 0 aromatic carbocycles. The van der Waals surface area contributed by atoms with Gasteiger partial charge in [-0.15, -0.1) is 0 Å². The Balaban J connectivity index is 0.00000240. The van der Waals surface area contributed by atoms with Gasteiger partial charge in [-0.3, -0.25) is 4.79 Å². The van der Waals surface area contributed by atoms with Crippen LogP contribution in [0.5, 0.6) is 0 Å². The number of esters is 1. The first-order chi connectivity index (χ1) is 13.4. The van der Waals surface area contributed by atoms with Crippen molar-refractivity contribution in [1.82, 2.24) is 5.32 Å². The molecule has 0 bridgehead atoms. The molecule has 2 saturated heterocycles. The minimum Gasteiger partial charge on any atom is -0.460 e. The molecular formula is C22H31NO5. The fraction of sp³-hybridized carbons (Fsp3) is 0.636. The average Bonchev–Trinajstić information content (AvgIpc) is 2.99. The van der Waals surface area contributed by atoms with Gasteiger partial charge in [0, 0.05) is 19.7 Å². The van der Waals surface area contributed by atoms with E-state index in [1.165, 1.54) is 18.1 Å². The van der Waals surface area contributed by atoms with E-state index in [-0.39, 0.29) is 43.4 Å². The molecule has 3 fully saturated rings. The molecule has 6 nitrogen and oxygen atoms in total. The van der Waals surface area contributed by atoms with Gasteiger partial charge in [-0.1, -0.05) is 36.8 Å². The summed E-state index contributed by atoms with van der Waals surface area (Å²) in [6.45, 7) is 9.36. The number of carbonyl (C=O) groups excluding carboxylic acids is 2. The first-order valence-electron chi connectivity index (χ1n) is 10.1. The maximum Gasteiger partial charge on any atom is 0.336 e. The van der Waals surface area contributed by atoms with Crippen molar-refractivity contribution in [2.75, 3.05) is 20.0 Å². The highest BCUT2D eigenvalue weighted by molar-refractivity contribution is 5.93. The van der Waals surface area contributed by atoms with Crippen molar-refractivity contribution in [1.29, 1.82) is 0 Å². The lowest BCUT2D eigenvalue weighted by atomic mass is 9.57. The van der Waals surface area contributed by atoms with E-state index >= 15 is 0 Å². The standard InChI is InChI=1S/C22H29NO5.H2/c1-13-4-8-18-16(7-9-20-22(18,3)11-26-12-28-20)15(13)5-6-17-19(23-14(2)24)10-27-21(17)25;/h6-7,15,18-20H,1,4-5,8-12H2,2-3H3,(H,23,24);1H/b17-6+;/t15-,18+,19-,20-,22+;/m1./s1. The average molecular weight is 389 g/mol. The molecule has 28 heavy (non-hydrogen) atoms. The van der Waals surface area contributed by atoms with E-state index in [9.17, 15) is 9.59 Å².